The molecule has 12 heavy (non-hydrogen) atoms. The van der Waals surface area contributed by atoms with E-state index < -0.39 is 16.0 Å². The van der Waals surface area contributed by atoms with Crippen LogP contribution in [-0.4, -0.2) is 23.5 Å². The molecule has 0 fully saturated rings. The molecule has 1 N–H and O–H groups in total. The molecule has 0 aliphatic rings. The second-order valence-corrected chi connectivity index (χ2v) is 2.82. The van der Waals surface area contributed by atoms with E-state index in [0.717, 1.165) is 10.7 Å². The lowest BCUT2D eigenvalue weighted by molar-refractivity contribution is -0.389. The maximum absolute atomic E-state index is 10.2. The highest BCUT2D eigenvalue weighted by Gasteiger charge is 2.11. The zero-order chi connectivity index (χ0) is 9.14. The minimum atomic E-state index is -2.04. The summed E-state index contributed by atoms with van der Waals surface area (Å²) in [5, 5.41) is 13.5. The van der Waals surface area contributed by atoms with Gasteiger partial charge in [0.25, 0.3) is 0 Å². The Labute approximate surface area is 69.4 Å². The molecule has 1 aromatic rings. The van der Waals surface area contributed by atoms with E-state index >= 15 is 0 Å². The molecule has 8 heteroatoms. The molecule has 1 heterocycles. The number of nitro groups is 1. The van der Waals surface area contributed by atoms with Crippen LogP contribution in [0.1, 0.15) is 0 Å². The summed E-state index contributed by atoms with van der Waals surface area (Å²) in [6.45, 7) is 0. The Morgan fingerprint density at radius 2 is 2.50 bits per heavy atom. The highest BCUT2D eigenvalue weighted by atomic mass is 32.2. The van der Waals surface area contributed by atoms with Crippen LogP contribution in [-0.2, 0) is 17.0 Å². The standard InChI is InChI=1S/C4H5N3O4S/c8-7(9)4-1-2-6(5-4)3-12(10)11/h1-2H,3H2,(H,10,11). The Balaban J connectivity index is 2.77. The van der Waals surface area contributed by atoms with Crippen molar-refractivity contribution in [1.82, 2.24) is 9.78 Å². The van der Waals surface area contributed by atoms with Crippen LogP contribution in [0.3, 0.4) is 0 Å². The molecule has 1 aromatic heterocycles. The summed E-state index contributed by atoms with van der Waals surface area (Å²) in [6.07, 6.45) is 1.27. The van der Waals surface area contributed by atoms with Gasteiger partial charge in [-0.05, 0) is 4.92 Å². The molecular formula is C4H5N3O4S. The molecule has 1 rings (SSSR count). The molecule has 0 spiro atoms. The zero-order valence-corrected chi connectivity index (χ0v) is 6.60. The molecule has 0 saturated heterocycles. The highest BCUT2D eigenvalue weighted by molar-refractivity contribution is 7.78. The highest BCUT2D eigenvalue weighted by Crippen LogP contribution is 2.04. The van der Waals surface area contributed by atoms with Gasteiger partial charge in [0.1, 0.15) is 0 Å². The predicted octanol–water partition coefficient (Wildman–Crippen LogP) is -0.0295. The molecule has 0 aromatic carbocycles. The molecule has 0 saturated carbocycles. The summed E-state index contributed by atoms with van der Waals surface area (Å²) in [6, 6.07) is 1.16. The average molecular weight is 191 g/mol. The van der Waals surface area contributed by atoms with Crippen molar-refractivity contribution >= 4 is 16.9 Å². The maximum atomic E-state index is 10.2. The molecule has 0 aliphatic carbocycles. The monoisotopic (exact) mass is 191 g/mol. The van der Waals surface area contributed by atoms with Crippen LogP contribution in [0.5, 0.6) is 0 Å². The molecule has 0 radical (unpaired) electrons. The van der Waals surface area contributed by atoms with E-state index in [-0.39, 0.29) is 11.7 Å². The van der Waals surface area contributed by atoms with Crippen LogP contribution in [0.2, 0.25) is 0 Å². The fourth-order valence-electron chi connectivity index (χ4n) is 0.633. The van der Waals surface area contributed by atoms with Gasteiger partial charge < -0.3 is 14.7 Å². The number of hydrogen-bond donors (Lipinski definition) is 1. The van der Waals surface area contributed by atoms with E-state index in [9.17, 15) is 14.3 Å². The third-order valence-corrected chi connectivity index (χ3v) is 1.54. The first-order valence-corrected chi connectivity index (χ1v) is 4.12. The van der Waals surface area contributed by atoms with Gasteiger partial charge in [-0.15, -0.1) is 0 Å². The predicted molar refractivity (Wildman–Crippen MR) is 39.7 cm³/mol. The van der Waals surface area contributed by atoms with Gasteiger partial charge in [-0.3, -0.25) is 0 Å². The summed E-state index contributed by atoms with van der Waals surface area (Å²) in [4.78, 5) is 9.42. The van der Waals surface area contributed by atoms with Gasteiger partial charge in [0.15, 0.2) is 17.0 Å². The fraction of sp³-hybridized carbons (Fsp3) is 0.250. The van der Waals surface area contributed by atoms with Gasteiger partial charge in [-0.2, -0.15) is 4.68 Å². The molecule has 0 amide bonds. The van der Waals surface area contributed by atoms with Gasteiger partial charge in [-0.1, -0.05) is 0 Å². The van der Waals surface area contributed by atoms with Crippen LogP contribution < -0.4 is 0 Å². The zero-order valence-electron chi connectivity index (χ0n) is 5.78. The first-order valence-electron chi connectivity index (χ1n) is 2.85. The summed E-state index contributed by atoms with van der Waals surface area (Å²) in [5.41, 5.74) is 0. The second-order valence-electron chi connectivity index (χ2n) is 1.92. The number of nitrogens with zero attached hydrogens (tertiary/aromatic N) is 3. The van der Waals surface area contributed by atoms with Gasteiger partial charge >= 0.3 is 5.82 Å². The number of hydrogen-bond acceptors (Lipinski definition) is 4. The van der Waals surface area contributed by atoms with Crippen molar-refractivity contribution in [2.45, 2.75) is 5.88 Å². The second kappa shape index (κ2) is 3.41. The van der Waals surface area contributed by atoms with E-state index in [1.165, 1.54) is 6.20 Å². The van der Waals surface area contributed by atoms with Crippen LogP contribution in [0.15, 0.2) is 12.3 Å². The Morgan fingerprint density at radius 1 is 1.83 bits per heavy atom. The van der Waals surface area contributed by atoms with Crippen molar-refractivity contribution in [2.24, 2.45) is 0 Å². The summed E-state index contributed by atoms with van der Waals surface area (Å²) < 4.78 is 19.7. The Kier molecular flexibility index (Phi) is 2.51. The van der Waals surface area contributed by atoms with Gasteiger partial charge in [0.2, 0.25) is 0 Å². The fourth-order valence-corrected chi connectivity index (χ4v) is 1.00. The Morgan fingerprint density at radius 3 is 2.92 bits per heavy atom. The lowest BCUT2D eigenvalue weighted by Gasteiger charge is -1.88. The summed E-state index contributed by atoms with van der Waals surface area (Å²) in [5.74, 6) is -0.589. The minimum absolute atomic E-state index is 0.256. The lowest BCUT2D eigenvalue weighted by atomic mass is 10.7. The van der Waals surface area contributed by atoms with Crippen molar-refractivity contribution < 1.29 is 13.7 Å². The molecular weight excluding hydrogens is 186 g/mol. The van der Waals surface area contributed by atoms with Crippen LogP contribution in [0.25, 0.3) is 0 Å². The van der Waals surface area contributed by atoms with Gasteiger partial charge in [0, 0.05) is 0 Å². The topological polar surface area (TPSA) is 98.3 Å². The minimum Gasteiger partial charge on any atom is -0.358 e. The van der Waals surface area contributed by atoms with E-state index in [2.05, 4.69) is 5.10 Å². The smallest absolute Gasteiger partial charge is 0.358 e. The van der Waals surface area contributed by atoms with E-state index in [4.69, 9.17) is 4.55 Å². The Bertz CT molecular complexity index is 322. The molecule has 1 atom stereocenters. The lowest BCUT2D eigenvalue weighted by Crippen LogP contribution is -2.04. The molecule has 0 aliphatic heterocycles. The average Bonchev–Trinajstić information content (AvgIpc) is 2.34. The number of aromatic nitrogens is 2. The van der Waals surface area contributed by atoms with Crippen molar-refractivity contribution in [2.75, 3.05) is 0 Å². The van der Waals surface area contributed by atoms with E-state index in [0.29, 0.717) is 0 Å². The normalized spacial score (nSPS) is 12.8. The summed E-state index contributed by atoms with van der Waals surface area (Å²) >= 11 is -2.04. The van der Waals surface area contributed by atoms with Crippen molar-refractivity contribution in [1.29, 1.82) is 0 Å². The van der Waals surface area contributed by atoms with Crippen LogP contribution >= 0.6 is 0 Å². The third kappa shape index (κ3) is 2.10. The Hall–Kier alpha value is -1.28. The molecule has 7 nitrogen and oxygen atoms in total. The largest absolute Gasteiger partial charge is 0.389 e. The van der Waals surface area contributed by atoms with E-state index in [1.807, 2.05) is 0 Å². The SMILES string of the molecule is O=[N+]([O-])c1ccn(CS(=O)O)n1. The van der Waals surface area contributed by atoms with Crippen molar-refractivity contribution in [3.63, 3.8) is 0 Å². The summed E-state index contributed by atoms with van der Waals surface area (Å²) in [7, 11) is 0. The first kappa shape index (κ1) is 8.81. The third-order valence-electron chi connectivity index (χ3n) is 1.06. The molecule has 66 valence electrons. The van der Waals surface area contributed by atoms with Crippen LogP contribution in [0, 0.1) is 10.1 Å². The van der Waals surface area contributed by atoms with Crippen molar-refractivity contribution in [3.05, 3.63) is 22.4 Å². The van der Waals surface area contributed by atoms with E-state index in [1.54, 1.807) is 0 Å². The molecule has 1 unspecified atom stereocenters. The maximum Gasteiger partial charge on any atom is 0.389 e. The van der Waals surface area contributed by atoms with Crippen LogP contribution in [0.4, 0.5) is 5.82 Å². The van der Waals surface area contributed by atoms with Gasteiger partial charge in [0.05, 0.1) is 17.4 Å². The van der Waals surface area contributed by atoms with Gasteiger partial charge in [-0.25, -0.2) is 4.21 Å². The number of rotatable bonds is 3. The van der Waals surface area contributed by atoms with Crippen molar-refractivity contribution in [3.8, 4) is 0 Å². The quantitative estimate of drug-likeness (QED) is 0.411. The molecule has 0 bridgehead atoms. The first-order chi connectivity index (χ1) is 5.59.